The molecule has 0 heterocycles. The van der Waals surface area contributed by atoms with Gasteiger partial charge >= 0.3 is 0 Å². The topological polar surface area (TPSA) is 132 Å². The molecule has 7 heteroatoms. The minimum atomic E-state index is -0.251. The fraction of sp³-hybridized carbons (Fsp3) is 0.550. The molecule has 0 spiro atoms. The van der Waals surface area contributed by atoms with Gasteiger partial charge in [0, 0.05) is 18.7 Å². The predicted molar refractivity (Wildman–Crippen MR) is 115 cm³/mol. The Hall–Kier alpha value is -2.57. The second-order valence-corrected chi connectivity index (χ2v) is 6.81. The van der Waals surface area contributed by atoms with Crippen molar-refractivity contribution < 1.29 is 4.79 Å². The smallest absolute Gasteiger partial charge is 0.253 e. The molecule has 7 nitrogen and oxygen atoms in total. The van der Waals surface area contributed by atoms with Crippen molar-refractivity contribution in [2.24, 2.45) is 33.1 Å². The molecule has 0 saturated carbocycles. The molecule has 0 saturated heterocycles. The van der Waals surface area contributed by atoms with Crippen LogP contribution in [0.2, 0.25) is 0 Å². The van der Waals surface area contributed by atoms with Gasteiger partial charge in [0.25, 0.3) is 5.91 Å². The van der Waals surface area contributed by atoms with Crippen LogP contribution in [0.4, 0.5) is 0 Å². The van der Waals surface area contributed by atoms with E-state index in [4.69, 9.17) is 17.2 Å². The number of hydrogen-bond acceptors (Lipinski definition) is 3. The van der Waals surface area contributed by atoms with Crippen molar-refractivity contribution in [1.82, 2.24) is 5.32 Å². The lowest BCUT2D eigenvalue weighted by Crippen LogP contribution is -2.37. The molecule has 0 radical (unpaired) electrons. The molecule has 1 atom stereocenters. The fourth-order valence-electron chi connectivity index (χ4n) is 2.08. The van der Waals surface area contributed by atoms with Crippen LogP contribution in [-0.4, -0.2) is 30.9 Å². The molecule has 0 aromatic rings. The van der Waals surface area contributed by atoms with Crippen LogP contribution in [-0.2, 0) is 4.79 Å². The van der Waals surface area contributed by atoms with Gasteiger partial charge in [0.05, 0.1) is 0 Å². The molecule has 152 valence electrons. The summed E-state index contributed by atoms with van der Waals surface area (Å²) in [5.74, 6) is 0.412. The van der Waals surface area contributed by atoms with Crippen molar-refractivity contribution in [1.29, 1.82) is 0 Å². The highest BCUT2D eigenvalue weighted by Gasteiger charge is 2.04. The van der Waals surface area contributed by atoms with Gasteiger partial charge in [-0.3, -0.25) is 20.1 Å². The standard InChI is InChI=1S/C20H36N6O/c1-15(2)9-7-10-16(3)11-8-12-17(4)18(27)26-20(23)25-14-6-5-13-24-19(21)22/h8-9,11-12,16H,5-7,10,13-14H2,1-4H3,(H4,21,22,24)(H3,23,25,26,27)/b11-8+,17-12+/t16-/m1/s1. The van der Waals surface area contributed by atoms with Gasteiger partial charge in [0.15, 0.2) is 11.9 Å². The third-order valence-corrected chi connectivity index (χ3v) is 3.70. The van der Waals surface area contributed by atoms with E-state index in [1.54, 1.807) is 13.0 Å². The number of carbonyl (C=O) groups excluding carboxylic acids is 1. The number of nitrogens with two attached hydrogens (primary N) is 3. The summed E-state index contributed by atoms with van der Waals surface area (Å²) in [4.78, 5) is 20.1. The molecule has 0 bridgehead atoms. The van der Waals surface area contributed by atoms with Crippen LogP contribution in [0.3, 0.4) is 0 Å². The number of aliphatic imine (C=N–C) groups is 2. The van der Waals surface area contributed by atoms with E-state index in [0.717, 1.165) is 25.7 Å². The molecule has 0 rings (SSSR count). The number of carbonyl (C=O) groups is 1. The normalized spacial score (nSPS) is 13.3. The van der Waals surface area contributed by atoms with E-state index in [-0.39, 0.29) is 17.8 Å². The summed E-state index contributed by atoms with van der Waals surface area (Å²) in [5, 5.41) is 2.59. The minimum Gasteiger partial charge on any atom is -0.370 e. The van der Waals surface area contributed by atoms with Gasteiger partial charge in [0.2, 0.25) is 0 Å². The van der Waals surface area contributed by atoms with Crippen molar-refractivity contribution in [3.05, 3.63) is 35.5 Å². The van der Waals surface area contributed by atoms with E-state index in [1.165, 1.54) is 5.57 Å². The van der Waals surface area contributed by atoms with Crippen LogP contribution in [0.5, 0.6) is 0 Å². The van der Waals surface area contributed by atoms with Crippen molar-refractivity contribution in [2.45, 2.75) is 53.4 Å². The first-order chi connectivity index (χ1) is 12.7. The Balaban J connectivity index is 4.25. The van der Waals surface area contributed by atoms with Crippen molar-refractivity contribution in [3.8, 4) is 0 Å². The lowest BCUT2D eigenvalue weighted by molar-refractivity contribution is -0.116. The number of guanidine groups is 2. The third-order valence-electron chi connectivity index (χ3n) is 3.70. The molecule has 7 N–H and O–H groups in total. The van der Waals surface area contributed by atoms with E-state index in [2.05, 4.69) is 48.2 Å². The minimum absolute atomic E-state index is 0.0869. The molecule has 0 aromatic heterocycles. The Bertz CT molecular complexity index is 594. The molecule has 0 aliphatic heterocycles. The van der Waals surface area contributed by atoms with Gasteiger partial charge < -0.3 is 17.2 Å². The lowest BCUT2D eigenvalue weighted by atomic mass is 10.0. The first kappa shape index (κ1) is 24.4. The Labute approximate surface area is 163 Å². The number of unbranched alkanes of at least 4 members (excludes halogenated alkanes) is 1. The zero-order valence-electron chi connectivity index (χ0n) is 17.2. The lowest BCUT2D eigenvalue weighted by Gasteiger charge is -2.05. The highest BCUT2D eigenvalue weighted by atomic mass is 16.1. The van der Waals surface area contributed by atoms with Crippen molar-refractivity contribution in [2.75, 3.05) is 13.1 Å². The molecule has 0 aliphatic carbocycles. The van der Waals surface area contributed by atoms with Crippen LogP contribution in [0.15, 0.2) is 45.4 Å². The number of nitrogens with zero attached hydrogens (tertiary/aromatic N) is 2. The summed E-state index contributed by atoms with van der Waals surface area (Å²) in [6, 6.07) is 0. The Morgan fingerprint density at radius 2 is 1.70 bits per heavy atom. The Morgan fingerprint density at radius 1 is 1.07 bits per heavy atom. The van der Waals surface area contributed by atoms with Crippen molar-refractivity contribution >= 4 is 17.8 Å². The summed E-state index contributed by atoms with van der Waals surface area (Å²) >= 11 is 0. The van der Waals surface area contributed by atoms with Gasteiger partial charge in [-0.2, -0.15) is 0 Å². The zero-order chi connectivity index (χ0) is 20.7. The highest BCUT2D eigenvalue weighted by Crippen LogP contribution is 2.09. The van der Waals surface area contributed by atoms with Gasteiger partial charge in [-0.25, -0.2) is 0 Å². The average molecular weight is 377 g/mol. The maximum Gasteiger partial charge on any atom is 0.253 e. The Morgan fingerprint density at radius 3 is 2.30 bits per heavy atom. The second-order valence-electron chi connectivity index (χ2n) is 6.81. The zero-order valence-corrected chi connectivity index (χ0v) is 17.2. The first-order valence-electron chi connectivity index (χ1n) is 9.37. The SMILES string of the molecule is CC(C)=CCC[C@@H](C)/C=C/C=C(\C)C(=O)NC(N)=NCCCCN=C(N)N. The maximum absolute atomic E-state index is 12.1. The van der Waals surface area contributed by atoms with Gasteiger partial charge in [-0.05, 0) is 52.4 Å². The van der Waals surface area contributed by atoms with Crippen LogP contribution >= 0.6 is 0 Å². The Kier molecular flexibility index (Phi) is 13.2. The molecule has 0 aromatic carbocycles. The van der Waals surface area contributed by atoms with Crippen molar-refractivity contribution in [3.63, 3.8) is 0 Å². The predicted octanol–water partition coefficient (Wildman–Crippen LogP) is 2.36. The van der Waals surface area contributed by atoms with E-state index < -0.39 is 0 Å². The molecule has 27 heavy (non-hydrogen) atoms. The highest BCUT2D eigenvalue weighted by molar-refractivity contribution is 6.04. The van der Waals surface area contributed by atoms with Gasteiger partial charge in [-0.15, -0.1) is 0 Å². The average Bonchev–Trinajstić information content (AvgIpc) is 2.57. The molecule has 0 aliphatic rings. The largest absolute Gasteiger partial charge is 0.370 e. The monoisotopic (exact) mass is 376 g/mol. The first-order valence-corrected chi connectivity index (χ1v) is 9.37. The number of rotatable bonds is 11. The summed E-state index contributed by atoms with van der Waals surface area (Å²) in [5.41, 5.74) is 18.1. The number of allylic oxidation sites excluding steroid dienone is 5. The number of hydrogen-bond donors (Lipinski definition) is 4. The summed E-state index contributed by atoms with van der Waals surface area (Å²) in [6.07, 6.45) is 11.8. The van der Waals surface area contributed by atoms with E-state index in [0.29, 0.717) is 24.6 Å². The van der Waals surface area contributed by atoms with Gasteiger partial charge in [0.1, 0.15) is 0 Å². The van der Waals surface area contributed by atoms with Crippen LogP contribution in [0.25, 0.3) is 0 Å². The molecule has 1 amide bonds. The summed E-state index contributed by atoms with van der Waals surface area (Å²) < 4.78 is 0. The number of nitrogens with one attached hydrogen (secondary N) is 1. The van der Waals surface area contributed by atoms with E-state index >= 15 is 0 Å². The third kappa shape index (κ3) is 15.4. The fourth-order valence-corrected chi connectivity index (χ4v) is 2.08. The molecule has 0 fully saturated rings. The summed E-state index contributed by atoms with van der Waals surface area (Å²) in [6.45, 7) is 9.19. The second kappa shape index (κ2) is 14.6. The van der Waals surface area contributed by atoms with E-state index in [9.17, 15) is 4.79 Å². The van der Waals surface area contributed by atoms with Crippen LogP contribution in [0.1, 0.15) is 53.4 Å². The molecular weight excluding hydrogens is 340 g/mol. The van der Waals surface area contributed by atoms with Crippen LogP contribution < -0.4 is 22.5 Å². The quantitative estimate of drug-likeness (QED) is 0.110. The molecular formula is C20H36N6O. The maximum atomic E-state index is 12.1. The summed E-state index contributed by atoms with van der Waals surface area (Å²) in [7, 11) is 0. The van der Waals surface area contributed by atoms with Crippen LogP contribution in [0, 0.1) is 5.92 Å². The van der Waals surface area contributed by atoms with E-state index in [1.807, 2.05) is 6.08 Å². The number of amides is 1. The van der Waals surface area contributed by atoms with Gasteiger partial charge in [-0.1, -0.05) is 36.8 Å². The molecule has 0 unspecified atom stereocenters.